The van der Waals surface area contributed by atoms with Crippen molar-refractivity contribution >= 4 is 9.52 Å². The van der Waals surface area contributed by atoms with E-state index in [1.807, 2.05) is 0 Å². The first-order valence-electron chi connectivity index (χ1n) is 8.00. The van der Waals surface area contributed by atoms with Crippen LogP contribution in [0.3, 0.4) is 0 Å². The largest absolute Gasteiger partial charge is 0.292 e. The lowest BCUT2D eigenvalue weighted by atomic mass is 10.0. The number of hydrogen-bond donors (Lipinski definition) is 0. The van der Waals surface area contributed by atoms with Crippen LogP contribution >= 0.6 is 0 Å². The molecule has 1 saturated carbocycles. The Bertz CT molecular complexity index is 185. The van der Waals surface area contributed by atoms with E-state index in [9.17, 15) is 0 Å². The number of nitrogens with zero attached hydrogens (tertiary/aromatic N) is 2. The minimum Gasteiger partial charge on any atom is -0.292 e. The van der Waals surface area contributed by atoms with Gasteiger partial charge in [0.2, 0.25) is 0 Å². The maximum absolute atomic E-state index is 2.67. The maximum atomic E-state index is 2.67. The van der Waals surface area contributed by atoms with E-state index in [-0.39, 0.29) is 0 Å². The van der Waals surface area contributed by atoms with Gasteiger partial charge >= 0.3 is 0 Å². The van der Waals surface area contributed by atoms with Gasteiger partial charge < -0.3 is 0 Å². The molecular weight excluding hydrogens is 236 g/mol. The smallest absolute Gasteiger partial charge is 0.0855 e. The van der Waals surface area contributed by atoms with Crippen LogP contribution in [0.15, 0.2) is 0 Å². The van der Waals surface area contributed by atoms with E-state index in [0.29, 0.717) is 5.79 Å². The highest BCUT2D eigenvalue weighted by Gasteiger charge is 2.26. The maximum Gasteiger partial charge on any atom is 0.0855 e. The molecule has 0 aliphatic heterocycles. The van der Waals surface area contributed by atoms with Crippen LogP contribution in [-0.2, 0) is 0 Å². The van der Waals surface area contributed by atoms with Gasteiger partial charge in [-0.15, -0.1) is 0 Å². The van der Waals surface area contributed by atoms with Crippen LogP contribution in [0.1, 0.15) is 59.8 Å². The first-order chi connectivity index (χ1) is 8.76. The third-order valence-electron chi connectivity index (χ3n) is 4.31. The Balaban J connectivity index is 2.62. The number of hydrogen-bond acceptors (Lipinski definition) is 2. The third kappa shape index (κ3) is 4.67. The molecule has 0 atom stereocenters. The molecule has 0 amide bonds. The first kappa shape index (κ1) is 16.2. The van der Waals surface area contributed by atoms with Crippen LogP contribution < -0.4 is 0 Å². The molecule has 18 heavy (non-hydrogen) atoms. The van der Waals surface area contributed by atoms with Crippen molar-refractivity contribution in [2.24, 2.45) is 0 Å². The summed E-state index contributed by atoms with van der Waals surface area (Å²) in [6, 6.07) is 0. The molecule has 106 valence electrons. The molecule has 0 bridgehead atoms. The van der Waals surface area contributed by atoms with Gasteiger partial charge in [-0.2, -0.15) is 0 Å². The minimum atomic E-state index is 0.707. The Morgan fingerprint density at radius 1 is 0.833 bits per heavy atom. The van der Waals surface area contributed by atoms with E-state index in [2.05, 4.69) is 37.5 Å². The fraction of sp³-hybridized carbons (Fsp3) is 1.00. The van der Waals surface area contributed by atoms with Gasteiger partial charge in [0.1, 0.15) is 0 Å². The summed E-state index contributed by atoms with van der Waals surface area (Å²) in [5, 5.41) is 0. The molecule has 0 spiro atoms. The van der Waals surface area contributed by atoms with Crippen molar-refractivity contribution in [2.45, 2.75) is 71.1 Å². The molecule has 0 unspecified atom stereocenters. The van der Waals surface area contributed by atoms with Gasteiger partial charge in [0.15, 0.2) is 0 Å². The fourth-order valence-corrected chi connectivity index (χ4v) is 5.38. The monoisotopic (exact) mass is 268 g/mol. The minimum absolute atomic E-state index is 0.707. The van der Waals surface area contributed by atoms with Crippen molar-refractivity contribution in [3.8, 4) is 0 Å². The van der Waals surface area contributed by atoms with Crippen molar-refractivity contribution in [3.63, 3.8) is 0 Å². The zero-order valence-corrected chi connectivity index (χ0v) is 13.9. The van der Waals surface area contributed by atoms with E-state index >= 15 is 0 Å². The van der Waals surface area contributed by atoms with Gasteiger partial charge in [-0.05, 0) is 31.7 Å². The van der Waals surface area contributed by atoms with Crippen molar-refractivity contribution in [2.75, 3.05) is 26.2 Å². The van der Waals surface area contributed by atoms with Crippen LogP contribution in [0.5, 0.6) is 0 Å². The lowest BCUT2D eigenvalue weighted by molar-refractivity contribution is 0.113. The SMILES string of the molecule is CCN(CC)C([Si]C1CCCCC1)N(CC)CC. The van der Waals surface area contributed by atoms with Crippen LogP contribution in [0, 0.1) is 0 Å². The lowest BCUT2D eigenvalue weighted by Gasteiger charge is -2.40. The van der Waals surface area contributed by atoms with E-state index in [4.69, 9.17) is 0 Å². The fourth-order valence-electron chi connectivity index (χ4n) is 3.06. The lowest BCUT2D eigenvalue weighted by Crippen LogP contribution is -2.52. The van der Waals surface area contributed by atoms with Gasteiger partial charge in [0, 0.05) is 5.79 Å². The first-order valence-corrected chi connectivity index (χ1v) is 9.16. The molecule has 0 aromatic carbocycles. The highest BCUT2D eigenvalue weighted by atomic mass is 28.2. The normalized spacial score (nSPS) is 18.2. The molecule has 0 aromatic rings. The second-order valence-corrected chi connectivity index (χ2v) is 6.98. The molecule has 1 fully saturated rings. The van der Waals surface area contributed by atoms with Crippen molar-refractivity contribution in [3.05, 3.63) is 0 Å². The summed E-state index contributed by atoms with van der Waals surface area (Å²) in [6.07, 6.45) is 7.39. The van der Waals surface area contributed by atoms with Crippen LogP contribution in [-0.4, -0.2) is 51.3 Å². The summed E-state index contributed by atoms with van der Waals surface area (Å²) < 4.78 is 0. The summed E-state index contributed by atoms with van der Waals surface area (Å²) >= 11 is 0. The predicted octanol–water partition coefficient (Wildman–Crippen LogP) is 3.41. The molecule has 1 rings (SSSR count). The zero-order valence-electron chi connectivity index (χ0n) is 12.9. The highest BCUT2D eigenvalue weighted by molar-refractivity contribution is 6.39. The van der Waals surface area contributed by atoms with Gasteiger partial charge in [-0.1, -0.05) is 59.8 Å². The highest BCUT2D eigenvalue weighted by Crippen LogP contribution is 2.29. The summed E-state index contributed by atoms with van der Waals surface area (Å²) in [4.78, 5) is 5.33. The molecular formula is C15H32N2Si. The Morgan fingerprint density at radius 3 is 1.67 bits per heavy atom. The van der Waals surface area contributed by atoms with Crippen molar-refractivity contribution in [1.29, 1.82) is 0 Å². The van der Waals surface area contributed by atoms with Crippen molar-refractivity contribution < 1.29 is 0 Å². The Kier molecular flexibility index (Phi) is 8.19. The van der Waals surface area contributed by atoms with Crippen LogP contribution in [0.25, 0.3) is 0 Å². The summed E-state index contributed by atoms with van der Waals surface area (Å²) in [6.45, 7) is 14.0. The molecule has 2 radical (unpaired) electrons. The Hall–Kier alpha value is 0.137. The van der Waals surface area contributed by atoms with Gasteiger partial charge in [0.25, 0.3) is 0 Å². The molecule has 0 saturated heterocycles. The Morgan fingerprint density at radius 2 is 1.28 bits per heavy atom. The molecule has 0 heterocycles. The van der Waals surface area contributed by atoms with E-state index in [1.54, 1.807) is 0 Å². The number of rotatable bonds is 8. The molecule has 0 N–H and O–H groups in total. The van der Waals surface area contributed by atoms with Crippen LogP contribution in [0.2, 0.25) is 5.54 Å². The van der Waals surface area contributed by atoms with Crippen LogP contribution in [0.4, 0.5) is 0 Å². The summed E-state index contributed by atoms with van der Waals surface area (Å²) in [7, 11) is 1.11. The molecule has 1 aliphatic carbocycles. The third-order valence-corrected chi connectivity index (χ3v) is 6.38. The molecule has 2 nitrogen and oxygen atoms in total. The second-order valence-electron chi connectivity index (χ2n) is 5.32. The van der Waals surface area contributed by atoms with E-state index < -0.39 is 0 Å². The molecule has 3 heteroatoms. The summed E-state index contributed by atoms with van der Waals surface area (Å²) in [5.41, 5.74) is 1.00. The summed E-state index contributed by atoms with van der Waals surface area (Å²) in [5.74, 6) is 0.707. The molecule has 1 aliphatic rings. The Labute approximate surface area is 117 Å². The standard InChI is InChI=1S/C15H32N2Si/c1-5-16(6-2)15(17(7-3)8-4)18-14-12-10-9-11-13-14/h14-15H,5-13H2,1-4H3. The van der Waals surface area contributed by atoms with Crippen molar-refractivity contribution in [1.82, 2.24) is 9.80 Å². The predicted molar refractivity (Wildman–Crippen MR) is 82.2 cm³/mol. The average molecular weight is 269 g/mol. The second kappa shape index (κ2) is 9.11. The van der Waals surface area contributed by atoms with Gasteiger partial charge in [0.05, 0.1) is 9.52 Å². The topological polar surface area (TPSA) is 6.48 Å². The van der Waals surface area contributed by atoms with Gasteiger partial charge in [-0.25, -0.2) is 0 Å². The zero-order chi connectivity index (χ0) is 13.4. The molecule has 0 aromatic heterocycles. The van der Waals surface area contributed by atoms with E-state index in [1.165, 1.54) is 58.3 Å². The quantitative estimate of drug-likeness (QED) is 0.492. The van der Waals surface area contributed by atoms with E-state index in [0.717, 1.165) is 15.1 Å². The van der Waals surface area contributed by atoms with Gasteiger partial charge in [-0.3, -0.25) is 9.80 Å². The average Bonchev–Trinajstić information content (AvgIpc) is 2.42.